The van der Waals surface area contributed by atoms with Gasteiger partial charge in [-0.15, -0.1) is 0 Å². The Balaban J connectivity index is 2.39. The van der Waals surface area contributed by atoms with Gasteiger partial charge in [0.25, 0.3) is 6.43 Å². The Bertz CT molecular complexity index is 193. The van der Waals surface area contributed by atoms with E-state index in [2.05, 4.69) is 13.8 Å². The van der Waals surface area contributed by atoms with E-state index in [1.54, 1.807) is 0 Å². The van der Waals surface area contributed by atoms with Gasteiger partial charge in [0, 0.05) is 5.92 Å². The Hall–Kier alpha value is -0.470. The van der Waals surface area contributed by atoms with E-state index in [4.69, 9.17) is 0 Å². The van der Waals surface area contributed by atoms with E-state index in [-0.39, 0.29) is 5.92 Å². The van der Waals surface area contributed by atoms with Gasteiger partial charge in [-0.25, -0.2) is 8.78 Å². The Morgan fingerprint density at radius 2 is 1.64 bits per heavy atom. The molecule has 3 heteroatoms. The van der Waals surface area contributed by atoms with E-state index >= 15 is 0 Å². The third kappa shape index (κ3) is 2.76. The van der Waals surface area contributed by atoms with Crippen molar-refractivity contribution in [2.75, 3.05) is 0 Å². The van der Waals surface area contributed by atoms with Crippen LogP contribution in [0.3, 0.4) is 0 Å². The van der Waals surface area contributed by atoms with Crippen molar-refractivity contribution in [3.05, 3.63) is 0 Å². The lowest BCUT2D eigenvalue weighted by atomic mass is 9.76. The van der Waals surface area contributed by atoms with E-state index < -0.39 is 12.2 Å². The Morgan fingerprint density at radius 1 is 1.14 bits per heavy atom. The van der Waals surface area contributed by atoms with Crippen molar-refractivity contribution < 1.29 is 13.6 Å². The smallest absolute Gasteiger partial charge is 0.293 e. The minimum Gasteiger partial charge on any atom is -0.293 e. The van der Waals surface area contributed by atoms with Gasteiger partial charge in [-0.1, -0.05) is 13.8 Å². The molecule has 0 amide bonds. The number of halogens is 2. The molecule has 1 fully saturated rings. The average molecular weight is 204 g/mol. The molecule has 0 aliphatic heterocycles. The SMILES string of the molecule is CC(C)C1CCC(C(=O)C(F)F)CC1. The molecule has 0 N–H and O–H groups in total. The first-order chi connectivity index (χ1) is 6.52. The second-order valence-corrected chi connectivity index (χ2v) is 4.56. The zero-order valence-corrected chi connectivity index (χ0v) is 8.80. The fourth-order valence-corrected chi connectivity index (χ4v) is 2.25. The van der Waals surface area contributed by atoms with E-state index in [9.17, 15) is 13.6 Å². The summed E-state index contributed by atoms with van der Waals surface area (Å²) in [6.45, 7) is 4.31. The molecule has 0 aromatic rings. The quantitative estimate of drug-likeness (QED) is 0.689. The van der Waals surface area contributed by atoms with Crippen LogP contribution in [0.1, 0.15) is 39.5 Å². The van der Waals surface area contributed by atoms with Gasteiger partial charge in [0.1, 0.15) is 0 Å². The molecule has 1 aliphatic carbocycles. The summed E-state index contributed by atoms with van der Waals surface area (Å²) in [5.41, 5.74) is 0. The normalized spacial score (nSPS) is 28.4. The number of rotatable bonds is 3. The number of hydrogen-bond donors (Lipinski definition) is 0. The highest BCUT2D eigenvalue weighted by atomic mass is 19.3. The van der Waals surface area contributed by atoms with Crippen molar-refractivity contribution in [3.8, 4) is 0 Å². The molecular weight excluding hydrogens is 186 g/mol. The third-order valence-corrected chi connectivity index (χ3v) is 3.33. The Kier molecular flexibility index (Phi) is 4.02. The molecule has 0 aromatic heterocycles. The van der Waals surface area contributed by atoms with Gasteiger partial charge in [-0.2, -0.15) is 0 Å². The van der Waals surface area contributed by atoms with Crippen LogP contribution >= 0.6 is 0 Å². The molecule has 1 aliphatic rings. The zero-order valence-electron chi connectivity index (χ0n) is 8.80. The summed E-state index contributed by atoms with van der Waals surface area (Å²) in [5, 5.41) is 0. The molecule has 0 aromatic carbocycles. The molecule has 0 atom stereocenters. The van der Waals surface area contributed by atoms with Crippen LogP contribution in [0.2, 0.25) is 0 Å². The summed E-state index contributed by atoms with van der Waals surface area (Å²) in [6.07, 6.45) is 0.412. The highest BCUT2D eigenvalue weighted by Gasteiger charge is 2.31. The molecule has 0 unspecified atom stereocenters. The van der Waals surface area contributed by atoms with Crippen LogP contribution in [0.4, 0.5) is 8.78 Å². The van der Waals surface area contributed by atoms with Crippen LogP contribution in [0.25, 0.3) is 0 Å². The Labute approximate surface area is 83.9 Å². The first-order valence-corrected chi connectivity index (χ1v) is 5.34. The minimum atomic E-state index is -2.77. The molecular formula is C11H18F2O. The van der Waals surface area contributed by atoms with Crippen molar-refractivity contribution in [1.82, 2.24) is 0 Å². The highest BCUT2D eigenvalue weighted by molar-refractivity contribution is 5.83. The average Bonchev–Trinajstić information content (AvgIpc) is 2.16. The van der Waals surface area contributed by atoms with Crippen LogP contribution < -0.4 is 0 Å². The van der Waals surface area contributed by atoms with Crippen LogP contribution in [-0.4, -0.2) is 12.2 Å². The first kappa shape index (κ1) is 11.6. The molecule has 14 heavy (non-hydrogen) atoms. The second kappa shape index (κ2) is 4.85. The molecule has 1 rings (SSSR count). The maximum Gasteiger partial charge on any atom is 0.296 e. The predicted octanol–water partition coefficient (Wildman–Crippen LogP) is 3.28. The molecule has 1 nitrogen and oxygen atoms in total. The molecule has 0 bridgehead atoms. The first-order valence-electron chi connectivity index (χ1n) is 5.34. The largest absolute Gasteiger partial charge is 0.296 e. The minimum absolute atomic E-state index is 0.370. The van der Waals surface area contributed by atoms with Crippen LogP contribution in [0.15, 0.2) is 0 Å². The maximum atomic E-state index is 12.1. The van der Waals surface area contributed by atoms with Gasteiger partial charge in [0.05, 0.1) is 0 Å². The maximum absolute atomic E-state index is 12.1. The summed E-state index contributed by atoms with van der Waals surface area (Å²) in [6, 6.07) is 0. The third-order valence-electron chi connectivity index (χ3n) is 3.33. The van der Waals surface area contributed by atoms with E-state index in [1.807, 2.05) is 0 Å². The fourth-order valence-electron chi connectivity index (χ4n) is 2.25. The molecule has 1 saturated carbocycles. The van der Waals surface area contributed by atoms with Crippen molar-refractivity contribution >= 4 is 5.78 Å². The van der Waals surface area contributed by atoms with Gasteiger partial charge < -0.3 is 0 Å². The van der Waals surface area contributed by atoms with Gasteiger partial charge in [-0.3, -0.25) is 4.79 Å². The summed E-state index contributed by atoms with van der Waals surface area (Å²) >= 11 is 0. The van der Waals surface area contributed by atoms with Crippen LogP contribution in [0, 0.1) is 17.8 Å². The summed E-state index contributed by atoms with van der Waals surface area (Å²) in [7, 11) is 0. The van der Waals surface area contributed by atoms with Gasteiger partial charge in [0.2, 0.25) is 5.78 Å². The van der Waals surface area contributed by atoms with Crippen LogP contribution in [0.5, 0.6) is 0 Å². The zero-order chi connectivity index (χ0) is 10.7. The number of carbonyl (C=O) groups excluding carboxylic acids is 1. The van der Waals surface area contributed by atoms with E-state index in [0.717, 1.165) is 12.8 Å². The summed E-state index contributed by atoms with van der Waals surface area (Å²) < 4.78 is 24.2. The molecule has 0 heterocycles. The lowest BCUT2D eigenvalue weighted by Crippen LogP contribution is -2.27. The standard InChI is InChI=1S/C11H18F2O/c1-7(2)8-3-5-9(6-4-8)10(14)11(12)13/h7-9,11H,3-6H2,1-2H3. The van der Waals surface area contributed by atoms with Crippen molar-refractivity contribution in [2.24, 2.45) is 17.8 Å². The van der Waals surface area contributed by atoms with E-state index in [1.165, 1.54) is 0 Å². The number of ketones is 1. The number of carbonyl (C=O) groups is 1. The lowest BCUT2D eigenvalue weighted by Gasteiger charge is -2.29. The molecule has 0 spiro atoms. The number of hydrogen-bond acceptors (Lipinski definition) is 1. The fraction of sp³-hybridized carbons (Fsp3) is 0.909. The predicted molar refractivity (Wildman–Crippen MR) is 51.3 cm³/mol. The van der Waals surface area contributed by atoms with Gasteiger partial charge >= 0.3 is 0 Å². The Morgan fingerprint density at radius 3 is 2.00 bits per heavy atom. The van der Waals surface area contributed by atoms with Crippen LogP contribution in [-0.2, 0) is 4.79 Å². The highest BCUT2D eigenvalue weighted by Crippen LogP contribution is 2.34. The second-order valence-electron chi connectivity index (χ2n) is 4.56. The summed E-state index contributed by atoms with van der Waals surface area (Å²) in [5.74, 6) is 0.0199. The summed E-state index contributed by atoms with van der Waals surface area (Å²) in [4.78, 5) is 11.0. The molecule has 0 radical (unpaired) electrons. The monoisotopic (exact) mass is 204 g/mol. The van der Waals surface area contributed by atoms with Crippen molar-refractivity contribution in [2.45, 2.75) is 46.0 Å². The van der Waals surface area contributed by atoms with Gasteiger partial charge in [0.15, 0.2) is 0 Å². The van der Waals surface area contributed by atoms with Crippen molar-refractivity contribution in [1.29, 1.82) is 0 Å². The molecule has 0 saturated heterocycles. The molecule has 82 valence electrons. The van der Waals surface area contributed by atoms with Crippen molar-refractivity contribution in [3.63, 3.8) is 0 Å². The number of Topliss-reactive ketones (excluding diaryl/α,β-unsaturated/α-hetero) is 1. The lowest BCUT2D eigenvalue weighted by molar-refractivity contribution is -0.135. The van der Waals surface area contributed by atoms with Gasteiger partial charge in [-0.05, 0) is 37.5 Å². The number of alkyl halides is 2. The topological polar surface area (TPSA) is 17.1 Å². The van der Waals surface area contributed by atoms with E-state index in [0.29, 0.717) is 24.7 Å².